The van der Waals surface area contributed by atoms with Gasteiger partial charge in [-0.15, -0.1) is 0 Å². The first-order chi connectivity index (χ1) is 12.4. The number of aryl methyl sites for hydroxylation is 3. The molecule has 2 aromatic carbocycles. The number of benzene rings is 2. The summed E-state index contributed by atoms with van der Waals surface area (Å²) >= 11 is 1.36. The summed E-state index contributed by atoms with van der Waals surface area (Å²) in [5.41, 5.74) is 4.77. The minimum Gasteiger partial charge on any atom is -0.325 e. The minimum atomic E-state index is -0.315. The van der Waals surface area contributed by atoms with Crippen molar-refractivity contribution in [2.24, 2.45) is 0 Å². The van der Waals surface area contributed by atoms with Crippen molar-refractivity contribution in [2.75, 3.05) is 11.1 Å². The number of hydrogen-bond acceptors (Lipinski definition) is 3. The molecule has 3 aromatic rings. The van der Waals surface area contributed by atoms with E-state index in [0.717, 1.165) is 10.8 Å². The number of aromatic nitrogens is 2. The molecule has 1 heterocycles. The van der Waals surface area contributed by atoms with Gasteiger partial charge in [0, 0.05) is 23.8 Å². The summed E-state index contributed by atoms with van der Waals surface area (Å²) in [4.78, 5) is 16.6. The second-order valence-electron chi connectivity index (χ2n) is 6.14. The highest BCUT2D eigenvalue weighted by Crippen LogP contribution is 2.23. The fourth-order valence-electron chi connectivity index (χ4n) is 2.55. The monoisotopic (exact) mass is 369 g/mol. The van der Waals surface area contributed by atoms with Crippen LogP contribution < -0.4 is 5.32 Å². The summed E-state index contributed by atoms with van der Waals surface area (Å²) in [7, 11) is 0. The summed E-state index contributed by atoms with van der Waals surface area (Å²) in [6, 6.07) is 10.5. The van der Waals surface area contributed by atoms with Gasteiger partial charge in [0.05, 0.1) is 5.75 Å². The molecule has 0 bridgehead atoms. The lowest BCUT2D eigenvalue weighted by atomic mass is 10.1. The zero-order chi connectivity index (χ0) is 18.7. The molecule has 0 atom stereocenters. The van der Waals surface area contributed by atoms with E-state index in [1.54, 1.807) is 19.2 Å². The van der Waals surface area contributed by atoms with Gasteiger partial charge in [-0.3, -0.25) is 9.36 Å². The predicted octanol–water partition coefficient (Wildman–Crippen LogP) is 4.67. The number of nitrogens with one attached hydrogen (secondary N) is 1. The van der Waals surface area contributed by atoms with Crippen LogP contribution in [0.4, 0.5) is 10.1 Å². The zero-order valence-corrected chi connectivity index (χ0v) is 15.7. The Morgan fingerprint density at radius 3 is 2.65 bits per heavy atom. The maximum Gasteiger partial charge on any atom is 0.234 e. The van der Waals surface area contributed by atoms with E-state index in [2.05, 4.69) is 36.3 Å². The van der Waals surface area contributed by atoms with Gasteiger partial charge in [-0.1, -0.05) is 17.8 Å². The molecule has 0 unspecified atom stereocenters. The van der Waals surface area contributed by atoms with Crippen molar-refractivity contribution in [1.29, 1.82) is 0 Å². The van der Waals surface area contributed by atoms with Crippen LogP contribution in [0.1, 0.15) is 16.7 Å². The summed E-state index contributed by atoms with van der Waals surface area (Å²) in [5.74, 6) is -0.247. The number of halogens is 1. The Kier molecular flexibility index (Phi) is 5.42. The van der Waals surface area contributed by atoms with Gasteiger partial charge in [0.1, 0.15) is 5.82 Å². The highest BCUT2D eigenvalue weighted by molar-refractivity contribution is 7.99. The summed E-state index contributed by atoms with van der Waals surface area (Å²) < 4.78 is 15.1. The number of amides is 1. The molecule has 1 amide bonds. The van der Waals surface area contributed by atoms with Crippen molar-refractivity contribution < 1.29 is 9.18 Å². The molecule has 0 radical (unpaired) electrons. The van der Waals surface area contributed by atoms with Gasteiger partial charge in [-0.2, -0.15) is 0 Å². The topological polar surface area (TPSA) is 46.9 Å². The highest BCUT2D eigenvalue weighted by Gasteiger charge is 2.11. The SMILES string of the molecule is Cc1ccc(-n2ccnc2SCC(=O)Nc2ccc(F)cc2C)cc1C. The van der Waals surface area contributed by atoms with Crippen LogP contribution in [0.15, 0.2) is 53.9 Å². The lowest BCUT2D eigenvalue weighted by molar-refractivity contribution is -0.113. The lowest BCUT2D eigenvalue weighted by Gasteiger charge is -2.10. The van der Waals surface area contributed by atoms with Crippen molar-refractivity contribution in [3.05, 3.63) is 71.3 Å². The van der Waals surface area contributed by atoms with Crippen LogP contribution >= 0.6 is 11.8 Å². The van der Waals surface area contributed by atoms with Crippen LogP contribution in [-0.4, -0.2) is 21.2 Å². The lowest BCUT2D eigenvalue weighted by Crippen LogP contribution is -2.15. The normalized spacial score (nSPS) is 10.8. The average Bonchev–Trinajstić information content (AvgIpc) is 3.06. The summed E-state index contributed by atoms with van der Waals surface area (Å²) in [6.07, 6.45) is 3.61. The second kappa shape index (κ2) is 7.74. The van der Waals surface area contributed by atoms with E-state index in [0.29, 0.717) is 11.3 Å². The summed E-state index contributed by atoms with van der Waals surface area (Å²) in [5, 5.41) is 3.56. The van der Waals surface area contributed by atoms with Gasteiger partial charge in [0.2, 0.25) is 5.91 Å². The fraction of sp³-hybridized carbons (Fsp3) is 0.200. The Morgan fingerprint density at radius 2 is 1.92 bits per heavy atom. The van der Waals surface area contributed by atoms with Crippen molar-refractivity contribution in [1.82, 2.24) is 9.55 Å². The van der Waals surface area contributed by atoms with Gasteiger partial charge in [0.25, 0.3) is 0 Å². The zero-order valence-electron chi connectivity index (χ0n) is 14.9. The van der Waals surface area contributed by atoms with Crippen LogP contribution in [-0.2, 0) is 4.79 Å². The number of carbonyl (C=O) groups excluding carboxylic acids is 1. The molecule has 134 valence electrons. The minimum absolute atomic E-state index is 0.153. The molecule has 1 aromatic heterocycles. The standard InChI is InChI=1S/C20H20FN3OS/c1-13-4-6-17(11-14(13)2)24-9-8-22-20(24)26-12-19(25)23-18-7-5-16(21)10-15(18)3/h4-11H,12H2,1-3H3,(H,23,25). The van der Waals surface area contributed by atoms with Crippen LogP contribution in [0.3, 0.4) is 0 Å². The Hall–Kier alpha value is -2.60. The molecule has 3 rings (SSSR count). The van der Waals surface area contributed by atoms with E-state index in [1.165, 1.54) is 35.0 Å². The van der Waals surface area contributed by atoms with Gasteiger partial charge < -0.3 is 5.32 Å². The second-order valence-corrected chi connectivity index (χ2v) is 7.09. The predicted molar refractivity (Wildman–Crippen MR) is 104 cm³/mol. The third-order valence-electron chi connectivity index (χ3n) is 4.17. The van der Waals surface area contributed by atoms with Crippen LogP contribution in [0.2, 0.25) is 0 Å². The van der Waals surface area contributed by atoms with Crippen LogP contribution in [0.5, 0.6) is 0 Å². The number of thioether (sulfide) groups is 1. The Morgan fingerprint density at radius 1 is 1.12 bits per heavy atom. The van der Waals surface area contributed by atoms with E-state index in [4.69, 9.17) is 0 Å². The summed E-state index contributed by atoms with van der Waals surface area (Å²) in [6.45, 7) is 5.91. The van der Waals surface area contributed by atoms with Gasteiger partial charge >= 0.3 is 0 Å². The first-order valence-electron chi connectivity index (χ1n) is 8.24. The molecule has 6 heteroatoms. The van der Waals surface area contributed by atoms with Crippen molar-refractivity contribution >= 4 is 23.4 Å². The first kappa shape index (κ1) is 18.2. The Balaban J connectivity index is 1.68. The van der Waals surface area contributed by atoms with E-state index < -0.39 is 0 Å². The number of nitrogens with zero attached hydrogens (tertiary/aromatic N) is 2. The molecule has 0 saturated carbocycles. The third-order valence-corrected chi connectivity index (χ3v) is 5.14. The largest absolute Gasteiger partial charge is 0.325 e. The maximum atomic E-state index is 13.1. The van der Waals surface area contributed by atoms with Crippen molar-refractivity contribution in [3.8, 4) is 5.69 Å². The first-order valence-corrected chi connectivity index (χ1v) is 9.22. The van der Waals surface area contributed by atoms with E-state index in [9.17, 15) is 9.18 Å². The van der Waals surface area contributed by atoms with E-state index in [1.807, 2.05) is 16.8 Å². The molecule has 1 N–H and O–H groups in total. The molecule has 0 saturated heterocycles. The number of rotatable bonds is 5. The number of hydrogen-bond donors (Lipinski definition) is 1. The quantitative estimate of drug-likeness (QED) is 0.665. The average molecular weight is 369 g/mol. The Labute approximate surface area is 156 Å². The molecule has 4 nitrogen and oxygen atoms in total. The number of carbonyl (C=O) groups is 1. The molecular weight excluding hydrogens is 349 g/mol. The van der Waals surface area contributed by atoms with E-state index >= 15 is 0 Å². The maximum absolute atomic E-state index is 13.1. The van der Waals surface area contributed by atoms with Gasteiger partial charge in [-0.05, 0) is 67.8 Å². The Bertz CT molecular complexity index is 952. The van der Waals surface area contributed by atoms with Crippen LogP contribution in [0, 0.1) is 26.6 Å². The molecule has 0 aliphatic carbocycles. The molecular formula is C20H20FN3OS. The van der Waals surface area contributed by atoms with E-state index in [-0.39, 0.29) is 17.5 Å². The van der Waals surface area contributed by atoms with Crippen molar-refractivity contribution in [2.45, 2.75) is 25.9 Å². The molecule has 0 spiro atoms. The van der Waals surface area contributed by atoms with Gasteiger partial charge in [0.15, 0.2) is 5.16 Å². The smallest absolute Gasteiger partial charge is 0.234 e. The fourth-order valence-corrected chi connectivity index (χ4v) is 3.33. The van der Waals surface area contributed by atoms with Gasteiger partial charge in [-0.25, -0.2) is 9.37 Å². The molecule has 26 heavy (non-hydrogen) atoms. The van der Waals surface area contributed by atoms with Crippen molar-refractivity contribution in [3.63, 3.8) is 0 Å². The highest BCUT2D eigenvalue weighted by atomic mass is 32.2. The van der Waals surface area contributed by atoms with Crippen LogP contribution in [0.25, 0.3) is 5.69 Å². The number of imidazole rings is 1. The third kappa shape index (κ3) is 4.14. The molecule has 0 aliphatic rings. The molecule has 0 fully saturated rings. The molecule has 0 aliphatic heterocycles. The number of anilines is 1.